The summed E-state index contributed by atoms with van der Waals surface area (Å²) in [6.45, 7) is 1.63. The van der Waals surface area contributed by atoms with Gasteiger partial charge in [0.1, 0.15) is 5.75 Å². The first-order valence-electron chi connectivity index (χ1n) is 14.0. The molecule has 2 fully saturated rings. The van der Waals surface area contributed by atoms with Crippen LogP contribution in [0.2, 0.25) is 0 Å². The number of sulfone groups is 1. The van der Waals surface area contributed by atoms with Crippen LogP contribution < -0.4 is 20.1 Å². The summed E-state index contributed by atoms with van der Waals surface area (Å²) in [6, 6.07) is 4.46. The van der Waals surface area contributed by atoms with E-state index >= 15 is 0 Å². The molecule has 2 unspecified atom stereocenters. The molecular weight excluding hydrogens is 628 g/mol. The van der Waals surface area contributed by atoms with Gasteiger partial charge >= 0.3 is 11.5 Å². The molecule has 0 heterocycles. The lowest BCUT2D eigenvalue weighted by atomic mass is 9.75. The first kappa shape index (κ1) is 34.0. The molecule has 0 spiro atoms. The zero-order valence-corrected chi connectivity index (χ0v) is 25.0. The van der Waals surface area contributed by atoms with Crippen LogP contribution in [0, 0.1) is 17.2 Å². The summed E-state index contributed by atoms with van der Waals surface area (Å²) in [6.07, 6.45) is -0.257. The molecule has 2 aliphatic rings. The van der Waals surface area contributed by atoms with Crippen molar-refractivity contribution in [3.05, 3.63) is 47.8 Å². The van der Waals surface area contributed by atoms with Gasteiger partial charge in [-0.05, 0) is 69.7 Å². The van der Waals surface area contributed by atoms with E-state index in [9.17, 15) is 50.6 Å². The molecule has 0 bridgehead atoms. The van der Waals surface area contributed by atoms with Crippen molar-refractivity contribution in [1.82, 2.24) is 5.32 Å². The second-order valence-corrected chi connectivity index (χ2v) is 13.3. The van der Waals surface area contributed by atoms with Crippen LogP contribution in [0.1, 0.15) is 55.8 Å². The highest BCUT2D eigenvalue weighted by Crippen LogP contribution is 2.39. The lowest BCUT2D eigenvalue weighted by molar-refractivity contribution is -0.150. The molecule has 0 aliphatic heterocycles. The number of anilines is 1. The van der Waals surface area contributed by atoms with E-state index in [1.54, 1.807) is 6.92 Å². The fourth-order valence-corrected chi connectivity index (χ4v) is 6.33. The number of methoxy groups -OCH3 is 1. The molecule has 2 amide bonds. The summed E-state index contributed by atoms with van der Waals surface area (Å²) in [4.78, 5) is 36.9. The smallest absolute Gasteiger partial charge is 0.496 e. The maximum atomic E-state index is 14.9. The Hall–Kier alpha value is -3.92. The Morgan fingerprint density at radius 3 is 2.29 bits per heavy atom. The zero-order valence-electron chi connectivity index (χ0n) is 24.2. The van der Waals surface area contributed by atoms with E-state index < -0.39 is 73.4 Å². The third-order valence-corrected chi connectivity index (χ3v) is 9.80. The first-order valence-corrected chi connectivity index (χ1v) is 15.4. The summed E-state index contributed by atoms with van der Waals surface area (Å²) >= 11 is 0. The number of carboxylic acid groups (broad SMARTS) is 1. The number of halogens is 4. The largest absolute Gasteiger partial charge is 0.501 e. The highest BCUT2D eigenvalue weighted by atomic mass is 32.2. The number of nitrogens with one attached hydrogen (secondary N) is 2. The van der Waals surface area contributed by atoms with Crippen LogP contribution in [0.15, 0.2) is 41.3 Å². The Morgan fingerprint density at radius 2 is 1.69 bits per heavy atom. The summed E-state index contributed by atoms with van der Waals surface area (Å²) in [5, 5.41) is 24.9. The Kier molecular flexibility index (Phi) is 9.68. The highest BCUT2D eigenvalue weighted by molar-refractivity contribution is 7.92. The van der Waals surface area contributed by atoms with Crippen LogP contribution >= 0.6 is 0 Å². The molecule has 2 aromatic carbocycles. The van der Waals surface area contributed by atoms with Crippen molar-refractivity contribution >= 4 is 33.3 Å². The predicted molar refractivity (Wildman–Crippen MR) is 150 cm³/mol. The molecule has 45 heavy (non-hydrogen) atoms. The van der Waals surface area contributed by atoms with Gasteiger partial charge in [-0.1, -0.05) is 6.07 Å². The number of rotatable bonds is 9. The average molecular weight is 661 g/mol. The van der Waals surface area contributed by atoms with Gasteiger partial charge in [0.2, 0.25) is 5.91 Å². The standard InChI is InChI=1S/C29H32F4N2O9S/c1-28(27(39)40)10-8-16(9-11-28)44-23-13-19(22(43-2)14-20(23)30)26(38)35-24-18(6-7-21(24)36)25(37)34-15-4-3-5-17(12-15)45(41,42)29(31,32)33/h3-5,12-14,16,18,21,24,36H,6-11H2,1-2H3,(H,34,37)(H,35,38)(H,39,40)/t16?,18?,21?,24-,28?/m0/s1. The van der Waals surface area contributed by atoms with Gasteiger partial charge in [-0.2, -0.15) is 13.2 Å². The van der Waals surface area contributed by atoms with Crippen molar-refractivity contribution in [3.63, 3.8) is 0 Å². The topological polar surface area (TPSA) is 168 Å². The number of alkyl halides is 3. The molecule has 2 aliphatic carbocycles. The maximum Gasteiger partial charge on any atom is 0.501 e. The van der Waals surface area contributed by atoms with Crippen molar-refractivity contribution in [3.8, 4) is 11.5 Å². The summed E-state index contributed by atoms with van der Waals surface area (Å²) in [5.41, 5.74) is -6.89. The van der Waals surface area contributed by atoms with E-state index in [2.05, 4.69) is 10.6 Å². The first-order chi connectivity index (χ1) is 21.0. The number of amides is 2. The summed E-state index contributed by atoms with van der Waals surface area (Å²) < 4.78 is 88.4. The quantitative estimate of drug-likeness (QED) is 0.290. The number of carboxylic acids is 1. The molecule has 11 nitrogen and oxygen atoms in total. The second-order valence-electron chi connectivity index (χ2n) is 11.4. The van der Waals surface area contributed by atoms with Gasteiger partial charge in [-0.15, -0.1) is 0 Å². The van der Waals surface area contributed by atoms with Crippen molar-refractivity contribution in [2.24, 2.45) is 11.3 Å². The Balaban J connectivity index is 1.49. The van der Waals surface area contributed by atoms with E-state index in [-0.39, 0.29) is 35.6 Å². The minimum Gasteiger partial charge on any atom is -0.496 e. The SMILES string of the molecule is COc1cc(F)c(OC2CCC(C)(C(=O)O)CC2)cc1C(=O)N[C@@H]1C(O)CCC1C(=O)Nc1cccc(S(=O)(=O)C(F)(F)F)c1. The van der Waals surface area contributed by atoms with Gasteiger partial charge in [0.05, 0.1) is 47.2 Å². The normalized spacial score (nSPS) is 25.3. The molecule has 4 N–H and O–H groups in total. The van der Waals surface area contributed by atoms with Crippen LogP contribution in [0.3, 0.4) is 0 Å². The zero-order chi connectivity index (χ0) is 33.3. The van der Waals surface area contributed by atoms with Crippen LogP contribution in [-0.2, 0) is 19.4 Å². The number of ether oxygens (including phenoxy) is 2. The molecular formula is C29H32F4N2O9S. The fourth-order valence-electron chi connectivity index (χ4n) is 5.52. The maximum absolute atomic E-state index is 14.9. The molecule has 4 rings (SSSR count). The summed E-state index contributed by atoms with van der Waals surface area (Å²) in [5.74, 6) is -4.92. The van der Waals surface area contributed by atoms with Crippen molar-refractivity contribution in [2.75, 3.05) is 12.4 Å². The molecule has 3 atom stereocenters. The van der Waals surface area contributed by atoms with Crippen molar-refractivity contribution < 1.29 is 60.0 Å². The van der Waals surface area contributed by atoms with Crippen LogP contribution in [0.4, 0.5) is 23.2 Å². The Morgan fingerprint density at radius 1 is 1.02 bits per heavy atom. The summed E-state index contributed by atoms with van der Waals surface area (Å²) in [7, 11) is -4.47. The molecule has 2 aromatic rings. The second kappa shape index (κ2) is 12.8. The number of aliphatic carboxylic acids is 1. The van der Waals surface area contributed by atoms with Gasteiger partial charge in [-0.3, -0.25) is 14.4 Å². The van der Waals surface area contributed by atoms with Crippen LogP contribution in [0.25, 0.3) is 0 Å². The number of hydrogen-bond acceptors (Lipinski definition) is 8. The molecule has 16 heteroatoms. The minimum atomic E-state index is -5.67. The number of carbonyl (C=O) groups excluding carboxylic acids is 2. The lowest BCUT2D eigenvalue weighted by Crippen LogP contribution is -2.47. The van der Waals surface area contributed by atoms with E-state index in [0.29, 0.717) is 31.7 Å². The third-order valence-electron chi connectivity index (χ3n) is 8.32. The van der Waals surface area contributed by atoms with Crippen molar-refractivity contribution in [1.29, 1.82) is 0 Å². The van der Waals surface area contributed by atoms with Gasteiger partial charge < -0.3 is 30.3 Å². The number of benzene rings is 2. The van der Waals surface area contributed by atoms with Gasteiger partial charge in [0, 0.05) is 11.8 Å². The fraction of sp³-hybridized carbons (Fsp3) is 0.483. The average Bonchev–Trinajstić information content (AvgIpc) is 3.34. The molecule has 0 saturated heterocycles. The third kappa shape index (κ3) is 7.16. The van der Waals surface area contributed by atoms with E-state index in [1.165, 1.54) is 13.2 Å². The lowest BCUT2D eigenvalue weighted by Gasteiger charge is -2.34. The van der Waals surface area contributed by atoms with E-state index in [0.717, 1.165) is 24.3 Å². The van der Waals surface area contributed by atoms with Crippen LogP contribution in [0.5, 0.6) is 11.5 Å². The molecule has 0 radical (unpaired) electrons. The monoisotopic (exact) mass is 660 g/mol. The predicted octanol–water partition coefficient (Wildman–Crippen LogP) is 4.05. The van der Waals surface area contributed by atoms with E-state index in [4.69, 9.17) is 9.47 Å². The van der Waals surface area contributed by atoms with Gasteiger partial charge in [0.15, 0.2) is 11.6 Å². The molecule has 246 valence electrons. The highest BCUT2D eigenvalue weighted by Gasteiger charge is 2.47. The van der Waals surface area contributed by atoms with Gasteiger partial charge in [0.25, 0.3) is 15.7 Å². The molecule has 0 aromatic heterocycles. The van der Waals surface area contributed by atoms with Gasteiger partial charge in [-0.25, -0.2) is 12.8 Å². The Labute approximate surface area is 255 Å². The number of carbonyl (C=O) groups is 3. The number of hydrogen-bond donors (Lipinski definition) is 4. The number of aliphatic hydroxyl groups excluding tert-OH is 1. The van der Waals surface area contributed by atoms with Crippen LogP contribution in [-0.4, -0.2) is 67.3 Å². The van der Waals surface area contributed by atoms with E-state index in [1.807, 2.05) is 0 Å². The minimum absolute atomic E-state index is 0.0738. The Bertz CT molecular complexity index is 1570. The van der Waals surface area contributed by atoms with Crippen molar-refractivity contribution in [2.45, 2.75) is 74.1 Å². The molecule has 2 saturated carbocycles. The number of aliphatic hydroxyl groups is 1.